The number of carbonyl (C=O) groups is 1. The second kappa shape index (κ2) is 6.01. The van der Waals surface area contributed by atoms with Crippen LogP contribution in [0.25, 0.3) is 10.9 Å². The molecule has 0 aliphatic heterocycles. The Kier molecular flexibility index (Phi) is 4.15. The molecule has 0 fully saturated rings. The largest absolute Gasteiger partial charge is 0.349 e. The van der Waals surface area contributed by atoms with Gasteiger partial charge in [0, 0.05) is 18.5 Å². The summed E-state index contributed by atoms with van der Waals surface area (Å²) in [5.41, 5.74) is 0.959. The van der Waals surface area contributed by atoms with Crippen molar-refractivity contribution in [1.29, 1.82) is 0 Å². The molecule has 6 heteroatoms. The Balaban J connectivity index is 2.30. The SMILES string of the molecule is CNCCNC(=O)c1ccc2cccc(N=O)c2n1. The van der Waals surface area contributed by atoms with Crippen LogP contribution in [0.1, 0.15) is 10.5 Å². The molecule has 6 nitrogen and oxygen atoms in total. The van der Waals surface area contributed by atoms with Gasteiger partial charge in [0.2, 0.25) is 0 Å². The van der Waals surface area contributed by atoms with Crippen LogP contribution in [0.5, 0.6) is 0 Å². The van der Waals surface area contributed by atoms with E-state index >= 15 is 0 Å². The van der Waals surface area contributed by atoms with Gasteiger partial charge in [-0.25, -0.2) is 4.98 Å². The summed E-state index contributed by atoms with van der Waals surface area (Å²) in [6.07, 6.45) is 0. The second-order valence-electron chi connectivity index (χ2n) is 4.00. The molecule has 0 aliphatic carbocycles. The van der Waals surface area contributed by atoms with Gasteiger partial charge in [0.15, 0.2) is 0 Å². The van der Waals surface area contributed by atoms with Gasteiger partial charge < -0.3 is 10.6 Å². The Labute approximate surface area is 110 Å². The molecule has 2 rings (SSSR count). The first kappa shape index (κ1) is 13.1. The number of aromatic nitrogens is 1. The third-order valence-corrected chi connectivity index (χ3v) is 2.69. The predicted octanol–water partition coefficient (Wildman–Crippen LogP) is 1.58. The van der Waals surface area contributed by atoms with Crippen LogP contribution in [0.4, 0.5) is 5.69 Å². The number of rotatable bonds is 5. The zero-order valence-corrected chi connectivity index (χ0v) is 10.5. The van der Waals surface area contributed by atoms with Gasteiger partial charge in [0.05, 0.1) is 0 Å². The van der Waals surface area contributed by atoms with Crippen LogP contribution >= 0.6 is 0 Å². The lowest BCUT2D eigenvalue weighted by Gasteiger charge is -2.05. The Morgan fingerprint density at radius 1 is 1.26 bits per heavy atom. The van der Waals surface area contributed by atoms with E-state index in [1.807, 2.05) is 13.1 Å². The lowest BCUT2D eigenvalue weighted by atomic mass is 10.1. The molecular formula is C13H14N4O2. The number of hydrogen-bond donors (Lipinski definition) is 2. The quantitative estimate of drug-likeness (QED) is 0.630. The molecule has 0 unspecified atom stereocenters. The van der Waals surface area contributed by atoms with Crippen molar-refractivity contribution in [3.63, 3.8) is 0 Å². The zero-order chi connectivity index (χ0) is 13.7. The van der Waals surface area contributed by atoms with Crippen molar-refractivity contribution in [2.45, 2.75) is 0 Å². The molecule has 0 bridgehead atoms. The number of fused-ring (bicyclic) bond motifs is 1. The van der Waals surface area contributed by atoms with Crippen molar-refractivity contribution in [2.24, 2.45) is 5.18 Å². The first-order valence-electron chi connectivity index (χ1n) is 5.92. The number of amides is 1. The van der Waals surface area contributed by atoms with Gasteiger partial charge >= 0.3 is 0 Å². The van der Waals surface area contributed by atoms with Gasteiger partial charge in [-0.3, -0.25) is 4.79 Å². The maximum absolute atomic E-state index is 11.9. The Morgan fingerprint density at radius 2 is 2.11 bits per heavy atom. The van der Waals surface area contributed by atoms with Crippen molar-refractivity contribution in [3.05, 3.63) is 40.9 Å². The molecular weight excluding hydrogens is 244 g/mol. The fraction of sp³-hybridized carbons (Fsp3) is 0.231. The number of carbonyl (C=O) groups excluding carboxylic acids is 1. The van der Waals surface area contributed by atoms with Crippen molar-refractivity contribution < 1.29 is 4.79 Å². The lowest BCUT2D eigenvalue weighted by Crippen LogP contribution is -2.30. The molecule has 0 saturated heterocycles. The minimum atomic E-state index is -0.266. The second-order valence-corrected chi connectivity index (χ2v) is 4.00. The van der Waals surface area contributed by atoms with Crippen LogP contribution in [0.2, 0.25) is 0 Å². The molecule has 98 valence electrons. The summed E-state index contributed by atoms with van der Waals surface area (Å²) in [4.78, 5) is 26.8. The van der Waals surface area contributed by atoms with Gasteiger partial charge in [0.1, 0.15) is 16.9 Å². The Hall–Kier alpha value is -2.34. The standard InChI is InChI=1S/C13H14N4O2/c1-14-7-8-15-13(18)11-6-5-9-3-2-4-10(17-19)12(9)16-11/h2-6,14H,7-8H2,1H3,(H,15,18). The van der Waals surface area contributed by atoms with Crippen LogP contribution in [-0.4, -0.2) is 31.0 Å². The van der Waals surface area contributed by atoms with E-state index in [-0.39, 0.29) is 17.3 Å². The molecule has 1 amide bonds. The van der Waals surface area contributed by atoms with Gasteiger partial charge in [-0.2, -0.15) is 0 Å². The summed E-state index contributed by atoms with van der Waals surface area (Å²) in [7, 11) is 1.81. The molecule has 0 aliphatic rings. The first-order valence-corrected chi connectivity index (χ1v) is 5.92. The van der Waals surface area contributed by atoms with Crippen LogP contribution < -0.4 is 10.6 Å². The van der Waals surface area contributed by atoms with Crippen LogP contribution in [0.3, 0.4) is 0 Å². The summed E-state index contributed by atoms with van der Waals surface area (Å²) < 4.78 is 0. The average molecular weight is 258 g/mol. The Bertz CT molecular complexity index is 613. The highest BCUT2D eigenvalue weighted by Crippen LogP contribution is 2.23. The summed E-state index contributed by atoms with van der Waals surface area (Å²) >= 11 is 0. The van der Waals surface area contributed by atoms with Crippen molar-refractivity contribution >= 4 is 22.5 Å². The molecule has 1 aromatic carbocycles. The average Bonchev–Trinajstić information content (AvgIpc) is 2.46. The van der Waals surface area contributed by atoms with E-state index in [1.165, 1.54) is 0 Å². The summed E-state index contributed by atoms with van der Waals surface area (Å²) in [5.74, 6) is -0.266. The minimum Gasteiger partial charge on any atom is -0.349 e. The van der Waals surface area contributed by atoms with Gasteiger partial charge in [0.25, 0.3) is 5.91 Å². The molecule has 19 heavy (non-hydrogen) atoms. The summed E-state index contributed by atoms with van der Waals surface area (Å²) in [5, 5.41) is 9.36. The van der Waals surface area contributed by atoms with Gasteiger partial charge in [-0.15, -0.1) is 4.91 Å². The normalized spacial score (nSPS) is 10.4. The highest BCUT2D eigenvalue weighted by molar-refractivity contribution is 5.97. The molecule has 0 radical (unpaired) electrons. The molecule has 0 saturated carbocycles. The smallest absolute Gasteiger partial charge is 0.269 e. The van der Waals surface area contributed by atoms with Gasteiger partial charge in [-0.1, -0.05) is 18.2 Å². The Morgan fingerprint density at radius 3 is 2.84 bits per heavy atom. The van der Waals surface area contributed by atoms with Gasteiger partial charge in [-0.05, 0) is 24.4 Å². The van der Waals surface area contributed by atoms with Crippen molar-refractivity contribution in [1.82, 2.24) is 15.6 Å². The maximum atomic E-state index is 11.9. The van der Waals surface area contributed by atoms with E-state index in [4.69, 9.17) is 0 Å². The number of nitrogens with zero attached hydrogens (tertiary/aromatic N) is 2. The lowest BCUT2D eigenvalue weighted by molar-refractivity contribution is 0.0949. The van der Waals surface area contributed by atoms with E-state index < -0.39 is 0 Å². The number of benzene rings is 1. The number of pyridine rings is 1. The monoisotopic (exact) mass is 258 g/mol. The van der Waals surface area contributed by atoms with Crippen molar-refractivity contribution in [2.75, 3.05) is 20.1 Å². The molecule has 2 N–H and O–H groups in total. The summed E-state index contributed by atoms with van der Waals surface area (Å²) in [6, 6.07) is 8.51. The predicted molar refractivity (Wildman–Crippen MR) is 73.5 cm³/mol. The van der Waals surface area contributed by atoms with E-state index in [0.717, 1.165) is 5.39 Å². The highest BCUT2D eigenvalue weighted by atomic mass is 16.3. The van der Waals surface area contributed by atoms with E-state index in [2.05, 4.69) is 20.8 Å². The third kappa shape index (κ3) is 2.92. The number of hydrogen-bond acceptors (Lipinski definition) is 5. The highest BCUT2D eigenvalue weighted by Gasteiger charge is 2.09. The molecule has 2 aromatic rings. The minimum absolute atomic E-state index is 0.238. The molecule has 0 spiro atoms. The number of likely N-dealkylation sites (N-methyl/N-ethyl adjacent to an activating group) is 1. The molecule has 1 heterocycles. The first-order chi connectivity index (χ1) is 9.26. The van der Waals surface area contributed by atoms with E-state index in [0.29, 0.717) is 18.6 Å². The fourth-order valence-electron chi connectivity index (χ4n) is 1.72. The van der Waals surface area contributed by atoms with Crippen molar-refractivity contribution in [3.8, 4) is 0 Å². The van der Waals surface area contributed by atoms with Crippen LogP contribution in [-0.2, 0) is 0 Å². The number of nitroso groups, excluding NO2 is 1. The topological polar surface area (TPSA) is 83.5 Å². The third-order valence-electron chi connectivity index (χ3n) is 2.69. The molecule has 1 aromatic heterocycles. The zero-order valence-electron chi connectivity index (χ0n) is 10.5. The molecule has 0 atom stereocenters. The summed E-state index contributed by atoms with van der Waals surface area (Å²) in [6.45, 7) is 1.20. The number of nitrogens with one attached hydrogen (secondary N) is 2. The van der Waals surface area contributed by atoms with E-state index in [9.17, 15) is 9.70 Å². The fourth-order valence-corrected chi connectivity index (χ4v) is 1.72. The van der Waals surface area contributed by atoms with Crippen LogP contribution in [0.15, 0.2) is 35.5 Å². The van der Waals surface area contributed by atoms with Crippen LogP contribution in [0, 0.1) is 4.91 Å². The van der Waals surface area contributed by atoms with E-state index in [1.54, 1.807) is 24.3 Å². The maximum Gasteiger partial charge on any atom is 0.269 e. The number of para-hydroxylation sites is 1.